The highest BCUT2D eigenvalue weighted by molar-refractivity contribution is 8.00. The van der Waals surface area contributed by atoms with Crippen molar-refractivity contribution >= 4 is 34.0 Å². The van der Waals surface area contributed by atoms with Crippen LogP contribution in [-0.4, -0.2) is 21.2 Å². The van der Waals surface area contributed by atoms with Crippen molar-refractivity contribution in [3.05, 3.63) is 53.6 Å². The van der Waals surface area contributed by atoms with E-state index < -0.39 is 11.7 Å². The maximum absolute atomic E-state index is 13.2. The molecule has 152 valence electrons. The predicted octanol–water partition coefficient (Wildman–Crippen LogP) is 7.19. The molecule has 1 aliphatic heterocycles. The summed E-state index contributed by atoms with van der Waals surface area (Å²) >= 11 is 1.72. The highest BCUT2D eigenvalue weighted by atomic mass is 32.2. The molecule has 0 atom stereocenters. The van der Waals surface area contributed by atoms with Crippen LogP contribution in [0.2, 0.25) is 0 Å². The normalized spacial score (nSPS) is 15.5. The largest absolute Gasteiger partial charge is 0.493 e. The monoisotopic (exact) mass is 419 g/mol. The molecule has 0 amide bonds. The van der Waals surface area contributed by atoms with E-state index in [1.165, 1.54) is 6.07 Å². The van der Waals surface area contributed by atoms with Gasteiger partial charge in [0.05, 0.1) is 22.8 Å². The standard InChI is InChI=1S/C21H20F3N3OS/c1-12(2)13-3-6-15(7-4-13)25-26-19-17-9-14(21(22,23)24)5-8-18(17)27(20(19)28)16-10-29-11-16/h3-9,12,16,28H,10-11H2,1-2H3. The molecule has 0 spiro atoms. The van der Waals surface area contributed by atoms with E-state index in [4.69, 9.17) is 0 Å². The van der Waals surface area contributed by atoms with Gasteiger partial charge >= 0.3 is 6.18 Å². The molecule has 0 radical (unpaired) electrons. The molecule has 0 aliphatic carbocycles. The summed E-state index contributed by atoms with van der Waals surface area (Å²) in [6.45, 7) is 4.17. The molecule has 0 saturated carbocycles. The third kappa shape index (κ3) is 3.73. The SMILES string of the molecule is CC(C)c1ccc(N=Nc2c(O)n(C3CSC3)c3ccc(C(F)(F)F)cc23)cc1. The van der Waals surface area contributed by atoms with Gasteiger partial charge in [-0.15, -0.1) is 5.11 Å². The third-order valence-corrected chi connectivity index (χ3v) is 6.33. The minimum absolute atomic E-state index is 0.0357. The lowest BCUT2D eigenvalue weighted by atomic mass is 10.0. The van der Waals surface area contributed by atoms with Gasteiger partial charge in [0.25, 0.3) is 0 Å². The number of alkyl halides is 3. The first kappa shape index (κ1) is 19.8. The van der Waals surface area contributed by atoms with E-state index >= 15 is 0 Å². The Balaban J connectivity index is 1.80. The summed E-state index contributed by atoms with van der Waals surface area (Å²) in [5.41, 5.74) is 1.55. The quantitative estimate of drug-likeness (QED) is 0.455. The molecule has 4 nitrogen and oxygen atoms in total. The lowest BCUT2D eigenvalue weighted by Crippen LogP contribution is -2.22. The fourth-order valence-electron chi connectivity index (χ4n) is 3.33. The number of fused-ring (bicyclic) bond motifs is 1. The van der Waals surface area contributed by atoms with Crippen molar-refractivity contribution < 1.29 is 18.3 Å². The lowest BCUT2D eigenvalue weighted by Gasteiger charge is -2.27. The van der Waals surface area contributed by atoms with Crippen LogP contribution in [0, 0.1) is 0 Å². The summed E-state index contributed by atoms with van der Waals surface area (Å²) in [7, 11) is 0. The molecule has 1 N–H and O–H groups in total. The molecular weight excluding hydrogens is 399 g/mol. The Bertz CT molecular complexity index is 1070. The first-order valence-electron chi connectivity index (χ1n) is 9.29. The zero-order valence-corrected chi connectivity index (χ0v) is 16.8. The second-order valence-electron chi connectivity index (χ2n) is 7.41. The van der Waals surface area contributed by atoms with Crippen molar-refractivity contribution in [3.8, 4) is 5.88 Å². The molecule has 2 heterocycles. The van der Waals surface area contributed by atoms with Gasteiger partial charge in [-0.1, -0.05) is 26.0 Å². The average molecular weight is 419 g/mol. The molecular formula is C21H20F3N3OS. The molecule has 8 heteroatoms. The molecule has 4 rings (SSSR count). The van der Waals surface area contributed by atoms with E-state index in [0.717, 1.165) is 29.2 Å². The summed E-state index contributed by atoms with van der Waals surface area (Å²) in [5, 5.41) is 19.3. The van der Waals surface area contributed by atoms with Crippen molar-refractivity contribution in [1.29, 1.82) is 0 Å². The third-order valence-electron chi connectivity index (χ3n) is 5.09. The van der Waals surface area contributed by atoms with E-state index in [0.29, 0.717) is 17.1 Å². The maximum atomic E-state index is 13.2. The fourth-order valence-corrected chi connectivity index (χ4v) is 4.08. The first-order valence-corrected chi connectivity index (χ1v) is 10.4. The van der Waals surface area contributed by atoms with E-state index in [1.807, 2.05) is 12.1 Å². The Morgan fingerprint density at radius 1 is 1.07 bits per heavy atom. The van der Waals surface area contributed by atoms with Gasteiger partial charge in [-0.25, -0.2) is 0 Å². The summed E-state index contributed by atoms with van der Waals surface area (Å²) in [4.78, 5) is 0. The number of hydrogen-bond acceptors (Lipinski definition) is 4. The number of halogens is 3. The topological polar surface area (TPSA) is 49.9 Å². The summed E-state index contributed by atoms with van der Waals surface area (Å²) in [6.07, 6.45) is -4.47. The number of aromatic hydroxyl groups is 1. The van der Waals surface area contributed by atoms with Gasteiger partial charge in [0.15, 0.2) is 5.69 Å². The summed E-state index contributed by atoms with van der Waals surface area (Å²) in [5.74, 6) is 1.83. The minimum Gasteiger partial charge on any atom is -0.493 e. The second kappa shape index (κ2) is 7.40. The Morgan fingerprint density at radius 3 is 2.31 bits per heavy atom. The molecule has 3 aromatic rings. The van der Waals surface area contributed by atoms with Crippen LogP contribution < -0.4 is 0 Å². The molecule has 2 aromatic carbocycles. The lowest BCUT2D eigenvalue weighted by molar-refractivity contribution is -0.137. The number of thioether (sulfide) groups is 1. The second-order valence-corrected chi connectivity index (χ2v) is 8.48. The van der Waals surface area contributed by atoms with Crippen LogP contribution in [0.5, 0.6) is 5.88 Å². The van der Waals surface area contributed by atoms with Crippen LogP contribution in [-0.2, 0) is 6.18 Å². The molecule has 29 heavy (non-hydrogen) atoms. The molecule has 1 aromatic heterocycles. The Hall–Kier alpha value is -2.48. The van der Waals surface area contributed by atoms with E-state index in [1.54, 1.807) is 28.5 Å². The predicted molar refractivity (Wildman–Crippen MR) is 110 cm³/mol. The highest BCUT2D eigenvalue weighted by Crippen LogP contribution is 2.46. The molecule has 0 bridgehead atoms. The van der Waals surface area contributed by atoms with Gasteiger partial charge in [0.1, 0.15) is 0 Å². The highest BCUT2D eigenvalue weighted by Gasteiger charge is 2.33. The van der Waals surface area contributed by atoms with Gasteiger partial charge in [-0.2, -0.15) is 30.0 Å². The number of nitrogens with zero attached hydrogens (tertiary/aromatic N) is 3. The number of hydrogen-bond donors (Lipinski definition) is 1. The van der Waals surface area contributed by atoms with Gasteiger partial charge in [-0.05, 0) is 41.8 Å². The van der Waals surface area contributed by atoms with Gasteiger partial charge in [-0.3, -0.25) is 0 Å². The number of rotatable bonds is 4. The van der Waals surface area contributed by atoms with Crippen molar-refractivity contribution in [2.45, 2.75) is 32.0 Å². The van der Waals surface area contributed by atoms with Crippen molar-refractivity contribution in [2.24, 2.45) is 10.2 Å². The van der Waals surface area contributed by atoms with Crippen LogP contribution in [0.4, 0.5) is 24.5 Å². The molecule has 0 unspecified atom stereocenters. The summed E-state index contributed by atoms with van der Waals surface area (Å²) < 4.78 is 41.3. The van der Waals surface area contributed by atoms with Crippen molar-refractivity contribution in [3.63, 3.8) is 0 Å². The van der Waals surface area contributed by atoms with Crippen LogP contribution in [0.15, 0.2) is 52.7 Å². The van der Waals surface area contributed by atoms with Crippen LogP contribution in [0.1, 0.15) is 36.9 Å². The zero-order valence-electron chi connectivity index (χ0n) is 15.9. The van der Waals surface area contributed by atoms with Gasteiger partial charge in [0, 0.05) is 16.9 Å². The Kier molecular flexibility index (Phi) is 5.06. The van der Waals surface area contributed by atoms with E-state index in [2.05, 4.69) is 24.1 Å². The van der Waals surface area contributed by atoms with Crippen LogP contribution in [0.25, 0.3) is 10.9 Å². The van der Waals surface area contributed by atoms with Gasteiger partial charge < -0.3 is 9.67 Å². The maximum Gasteiger partial charge on any atom is 0.416 e. The molecule has 1 fully saturated rings. The number of benzene rings is 2. The number of aromatic nitrogens is 1. The Morgan fingerprint density at radius 2 is 1.76 bits per heavy atom. The molecule has 1 saturated heterocycles. The van der Waals surface area contributed by atoms with Crippen molar-refractivity contribution in [2.75, 3.05) is 11.5 Å². The van der Waals surface area contributed by atoms with Crippen LogP contribution >= 0.6 is 11.8 Å². The number of azo groups is 1. The van der Waals surface area contributed by atoms with E-state index in [9.17, 15) is 18.3 Å². The van der Waals surface area contributed by atoms with Crippen LogP contribution in [0.3, 0.4) is 0 Å². The minimum atomic E-state index is -4.47. The summed E-state index contributed by atoms with van der Waals surface area (Å²) in [6, 6.07) is 11.0. The smallest absolute Gasteiger partial charge is 0.416 e. The Labute approximate surface area is 170 Å². The fraction of sp³-hybridized carbons (Fsp3) is 0.333. The molecule has 1 aliphatic rings. The van der Waals surface area contributed by atoms with Gasteiger partial charge in [0.2, 0.25) is 5.88 Å². The first-order chi connectivity index (χ1) is 13.8. The average Bonchev–Trinajstić information content (AvgIpc) is 2.90. The zero-order chi connectivity index (χ0) is 20.8. The van der Waals surface area contributed by atoms with Crippen molar-refractivity contribution in [1.82, 2.24) is 4.57 Å². The van der Waals surface area contributed by atoms with E-state index in [-0.39, 0.29) is 23.0 Å².